The first-order valence-electron chi connectivity index (χ1n) is 18.3. The summed E-state index contributed by atoms with van der Waals surface area (Å²) in [5.41, 5.74) is 12.8. The fraction of sp³-hybridized carbons (Fsp3) is 0. The third-order valence-electron chi connectivity index (χ3n) is 11.1. The summed E-state index contributed by atoms with van der Waals surface area (Å²) in [6, 6.07) is 61.2. The molecule has 0 fully saturated rings. The Kier molecular flexibility index (Phi) is 6.61. The summed E-state index contributed by atoms with van der Waals surface area (Å²) in [5.74, 6) is 0. The predicted octanol–water partition coefficient (Wildman–Crippen LogP) is 13.7. The van der Waals surface area contributed by atoms with Gasteiger partial charge in [0.25, 0.3) is 0 Å². The van der Waals surface area contributed by atoms with Gasteiger partial charge in [0.2, 0.25) is 0 Å². The molecule has 0 saturated heterocycles. The molecule has 11 aromatic rings. The van der Waals surface area contributed by atoms with Crippen LogP contribution in [0, 0.1) is 13.1 Å². The Morgan fingerprint density at radius 3 is 1.40 bits per heavy atom. The highest BCUT2D eigenvalue weighted by Crippen LogP contribution is 2.41. The molecule has 55 heavy (non-hydrogen) atoms. The van der Waals surface area contributed by atoms with Gasteiger partial charge in [-0.05, 0) is 89.3 Å². The Balaban J connectivity index is 1.03. The Labute approximate surface area is 316 Å². The Morgan fingerprint density at radius 1 is 0.327 bits per heavy atom. The summed E-state index contributed by atoms with van der Waals surface area (Å²) >= 11 is 0. The van der Waals surface area contributed by atoms with Crippen molar-refractivity contribution < 1.29 is 0 Å². The molecular weight excluding hydrogens is 671 g/mol. The predicted molar refractivity (Wildman–Crippen MR) is 227 cm³/mol. The molecule has 0 aliphatic carbocycles. The van der Waals surface area contributed by atoms with Gasteiger partial charge in [-0.1, -0.05) is 103 Å². The zero-order valence-corrected chi connectivity index (χ0v) is 29.5. The maximum atomic E-state index is 8.28. The lowest BCUT2D eigenvalue weighted by atomic mass is 10.0. The smallest absolute Gasteiger partial charge is 0.197 e. The third kappa shape index (κ3) is 4.45. The maximum absolute atomic E-state index is 8.28. The van der Waals surface area contributed by atoms with Crippen LogP contribution in [-0.4, -0.2) is 13.7 Å². The second-order valence-corrected chi connectivity index (χ2v) is 13.9. The van der Waals surface area contributed by atoms with Gasteiger partial charge in [-0.3, -0.25) is 0 Å². The first-order valence-corrected chi connectivity index (χ1v) is 18.3. The van der Waals surface area contributed by atoms with Gasteiger partial charge in [-0.25, -0.2) is 9.69 Å². The van der Waals surface area contributed by atoms with Crippen molar-refractivity contribution in [3.8, 4) is 28.2 Å². The molecule has 0 aliphatic rings. The molecule has 3 aromatic heterocycles. The number of rotatable bonds is 4. The summed E-state index contributed by atoms with van der Waals surface area (Å²) in [6.07, 6.45) is 0. The fourth-order valence-corrected chi connectivity index (χ4v) is 8.74. The molecule has 0 saturated carbocycles. The highest BCUT2D eigenvalue weighted by molar-refractivity contribution is 6.15. The Bertz CT molecular complexity index is 3400. The van der Waals surface area contributed by atoms with Crippen molar-refractivity contribution in [1.82, 2.24) is 13.7 Å². The van der Waals surface area contributed by atoms with E-state index in [1.807, 2.05) is 30.3 Å². The summed E-state index contributed by atoms with van der Waals surface area (Å²) in [7, 11) is 0. The van der Waals surface area contributed by atoms with E-state index in [2.05, 4.69) is 169 Å². The lowest BCUT2D eigenvalue weighted by Gasteiger charge is -2.13. The van der Waals surface area contributed by atoms with Crippen LogP contribution in [0.5, 0.6) is 0 Å². The molecule has 11 rings (SSSR count). The second kappa shape index (κ2) is 11.8. The largest absolute Gasteiger partial charge is 0.311 e. The van der Waals surface area contributed by atoms with Gasteiger partial charge in [0.15, 0.2) is 11.4 Å². The SMILES string of the molecule is [C-]#[N+]c1cc(-n2c3ccccc3c3cc(-n4c5ccccc5c5ccccc54)ccc32)ccc1-c1ccc(-n2c3ccccc3c3c([N+]#[C-])cccc32)cc1. The minimum atomic E-state index is 0.594. The fourth-order valence-electron chi connectivity index (χ4n) is 8.74. The van der Waals surface area contributed by atoms with Crippen LogP contribution in [0.1, 0.15) is 0 Å². The van der Waals surface area contributed by atoms with Gasteiger partial charge < -0.3 is 13.7 Å². The summed E-state index contributed by atoms with van der Waals surface area (Å²) in [5, 5.41) is 6.83. The number of fused-ring (bicyclic) bond motifs is 9. The molecule has 0 bridgehead atoms. The lowest BCUT2D eigenvalue weighted by Crippen LogP contribution is -1.96. The quantitative estimate of drug-likeness (QED) is 0.163. The van der Waals surface area contributed by atoms with Gasteiger partial charge in [0.1, 0.15) is 0 Å². The Morgan fingerprint density at radius 2 is 0.782 bits per heavy atom. The third-order valence-corrected chi connectivity index (χ3v) is 11.1. The molecule has 0 atom stereocenters. The monoisotopic (exact) mass is 699 g/mol. The van der Waals surface area contributed by atoms with E-state index in [-0.39, 0.29) is 0 Å². The molecule has 0 aliphatic heterocycles. The van der Waals surface area contributed by atoms with E-state index in [0.29, 0.717) is 11.4 Å². The van der Waals surface area contributed by atoms with Crippen molar-refractivity contribution in [2.24, 2.45) is 0 Å². The molecule has 0 N–H and O–H groups in total. The van der Waals surface area contributed by atoms with E-state index in [9.17, 15) is 0 Å². The average Bonchev–Trinajstić information content (AvgIpc) is 3.89. The number of hydrogen-bond acceptors (Lipinski definition) is 0. The van der Waals surface area contributed by atoms with Gasteiger partial charge >= 0.3 is 0 Å². The Hall–Kier alpha value is -7.86. The van der Waals surface area contributed by atoms with E-state index in [0.717, 1.165) is 71.8 Å². The van der Waals surface area contributed by atoms with Crippen LogP contribution in [0.25, 0.3) is 103 Å². The second-order valence-electron chi connectivity index (χ2n) is 13.9. The molecule has 5 nitrogen and oxygen atoms in total. The highest BCUT2D eigenvalue weighted by atomic mass is 15.0. The molecular formula is C50H29N5. The molecule has 254 valence electrons. The van der Waals surface area contributed by atoms with Crippen LogP contribution < -0.4 is 0 Å². The number of benzene rings is 8. The zero-order valence-electron chi connectivity index (χ0n) is 29.5. The van der Waals surface area contributed by atoms with E-state index < -0.39 is 0 Å². The number of aromatic nitrogens is 3. The standard InChI is InChI=1S/C50H29N5/c1-51-42-16-11-21-49-50(42)40-15-6-10-20-47(40)53(49)33-24-22-32(23-25-33)36-28-26-35(31-43(36)52-2)55-46-19-9-5-14-39(46)41-30-34(27-29-48(41)55)54-44-17-7-3-12-37(44)38-13-4-8-18-45(38)54/h3-31H. The van der Waals surface area contributed by atoms with E-state index >= 15 is 0 Å². The highest BCUT2D eigenvalue weighted by Gasteiger charge is 2.18. The molecule has 8 aromatic carbocycles. The normalized spacial score (nSPS) is 11.6. The van der Waals surface area contributed by atoms with E-state index in [4.69, 9.17) is 13.1 Å². The minimum absolute atomic E-state index is 0.594. The van der Waals surface area contributed by atoms with Crippen molar-refractivity contribution in [3.05, 3.63) is 199 Å². The summed E-state index contributed by atoms with van der Waals surface area (Å²) in [4.78, 5) is 7.88. The molecule has 5 heteroatoms. The van der Waals surface area contributed by atoms with Crippen molar-refractivity contribution in [2.45, 2.75) is 0 Å². The minimum Gasteiger partial charge on any atom is -0.311 e. The van der Waals surface area contributed by atoms with Crippen LogP contribution in [0.2, 0.25) is 0 Å². The van der Waals surface area contributed by atoms with Crippen molar-refractivity contribution >= 4 is 76.8 Å². The van der Waals surface area contributed by atoms with E-state index in [1.54, 1.807) is 0 Å². The van der Waals surface area contributed by atoms with Crippen LogP contribution in [-0.2, 0) is 0 Å². The van der Waals surface area contributed by atoms with Gasteiger partial charge in [-0.15, -0.1) is 0 Å². The zero-order chi connectivity index (χ0) is 36.6. The maximum Gasteiger partial charge on any atom is 0.197 e. The van der Waals surface area contributed by atoms with Gasteiger partial charge in [0.05, 0.1) is 40.7 Å². The van der Waals surface area contributed by atoms with Crippen molar-refractivity contribution in [3.63, 3.8) is 0 Å². The lowest BCUT2D eigenvalue weighted by molar-refractivity contribution is 1.17. The molecule has 0 amide bonds. The van der Waals surface area contributed by atoms with Crippen LogP contribution in [0.3, 0.4) is 0 Å². The van der Waals surface area contributed by atoms with Crippen molar-refractivity contribution in [1.29, 1.82) is 0 Å². The van der Waals surface area contributed by atoms with Gasteiger partial charge in [-0.2, -0.15) is 0 Å². The topological polar surface area (TPSA) is 23.5 Å². The summed E-state index contributed by atoms with van der Waals surface area (Å²) < 4.78 is 6.86. The van der Waals surface area contributed by atoms with Crippen molar-refractivity contribution in [2.75, 3.05) is 0 Å². The summed E-state index contributed by atoms with van der Waals surface area (Å²) in [6.45, 7) is 16.1. The average molecular weight is 700 g/mol. The van der Waals surface area contributed by atoms with Gasteiger partial charge in [0, 0.05) is 49.5 Å². The molecule has 3 heterocycles. The van der Waals surface area contributed by atoms with Crippen LogP contribution >= 0.6 is 0 Å². The first-order chi connectivity index (χ1) is 27.2. The number of hydrogen-bond donors (Lipinski definition) is 0. The number of para-hydroxylation sites is 4. The first kappa shape index (κ1) is 30.7. The molecule has 0 radical (unpaired) electrons. The van der Waals surface area contributed by atoms with Crippen LogP contribution in [0.15, 0.2) is 176 Å². The number of nitrogens with zero attached hydrogens (tertiary/aromatic N) is 5. The van der Waals surface area contributed by atoms with E-state index in [1.165, 1.54) is 21.8 Å². The van der Waals surface area contributed by atoms with Crippen LogP contribution in [0.4, 0.5) is 11.4 Å². The molecule has 0 unspecified atom stereocenters. The molecule has 0 spiro atoms.